The number of alkyl halides is 1. The van der Waals surface area contributed by atoms with Crippen molar-refractivity contribution in [1.82, 2.24) is 10.2 Å². The third kappa shape index (κ3) is 1.56. The van der Waals surface area contributed by atoms with E-state index in [9.17, 15) is 18.8 Å². The van der Waals surface area contributed by atoms with E-state index >= 15 is 0 Å². The lowest BCUT2D eigenvalue weighted by Gasteiger charge is -2.35. The summed E-state index contributed by atoms with van der Waals surface area (Å²) in [4.78, 5) is 35.7. The van der Waals surface area contributed by atoms with Crippen molar-refractivity contribution in [3.63, 3.8) is 0 Å². The minimum Gasteiger partial charge on any atom is -0.390 e. The molecule has 100 valence electrons. The maximum absolute atomic E-state index is 14.8. The number of nitrogens with two attached hydrogens (primary N) is 1. The van der Waals surface area contributed by atoms with Gasteiger partial charge in [0.15, 0.2) is 0 Å². The maximum Gasteiger partial charge on any atom is 0.285 e. The molecule has 1 fully saturated rings. The van der Waals surface area contributed by atoms with Crippen LogP contribution in [-0.4, -0.2) is 28.4 Å². The zero-order valence-electron chi connectivity index (χ0n) is 9.73. The van der Waals surface area contributed by atoms with Gasteiger partial charge in [-0.2, -0.15) is 0 Å². The van der Waals surface area contributed by atoms with Gasteiger partial charge in [-0.3, -0.25) is 24.6 Å². The molecule has 0 aliphatic carbocycles. The highest BCUT2D eigenvalue weighted by Gasteiger charge is 2.53. The molecule has 2 aliphatic rings. The van der Waals surface area contributed by atoms with E-state index in [2.05, 4.69) is 0 Å². The Morgan fingerprint density at radius 1 is 1.42 bits per heavy atom. The first kappa shape index (κ1) is 12.1. The number of hydrogen-bond donors (Lipinski definition) is 2. The Kier molecular flexibility index (Phi) is 2.40. The van der Waals surface area contributed by atoms with Crippen LogP contribution < -0.4 is 11.1 Å². The number of nitrogens with zero attached hydrogens (tertiary/aromatic N) is 1. The van der Waals surface area contributed by atoms with Gasteiger partial charge < -0.3 is 5.73 Å². The smallest absolute Gasteiger partial charge is 0.285 e. The molecule has 8 heteroatoms. The Balaban J connectivity index is 1.94. The number of nitrogen functional groups attached to an aromatic ring is 1. The van der Waals surface area contributed by atoms with Gasteiger partial charge >= 0.3 is 0 Å². The van der Waals surface area contributed by atoms with Crippen molar-refractivity contribution in [3.8, 4) is 0 Å². The minimum absolute atomic E-state index is 0.0401. The van der Waals surface area contributed by atoms with Crippen LogP contribution in [0, 0.1) is 0 Å². The fraction of sp³-hybridized carbons (Fsp3) is 0.364. The van der Waals surface area contributed by atoms with E-state index in [4.69, 9.17) is 5.73 Å². The molecular weight excluding hydrogens is 273 g/mol. The van der Waals surface area contributed by atoms with Crippen LogP contribution in [-0.2, 0) is 16.1 Å². The number of nitrogens with one attached hydrogen (secondary N) is 1. The van der Waals surface area contributed by atoms with Crippen molar-refractivity contribution in [3.05, 3.63) is 16.5 Å². The lowest BCUT2D eigenvalue weighted by atomic mass is 10.0. The molecule has 1 saturated heterocycles. The number of halogens is 1. The van der Waals surface area contributed by atoms with Crippen molar-refractivity contribution < 1.29 is 18.8 Å². The van der Waals surface area contributed by atoms with Crippen LogP contribution in [0.15, 0.2) is 5.38 Å². The number of hydrogen-bond acceptors (Lipinski definition) is 5. The van der Waals surface area contributed by atoms with Gasteiger partial charge in [-0.1, -0.05) is 0 Å². The van der Waals surface area contributed by atoms with Crippen molar-refractivity contribution >= 4 is 34.1 Å². The van der Waals surface area contributed by atoms with Gasteiger partial charge in [-0.25, -0.2) is 4.39 Å². The van der Waals surface area contributed by atoms with E-state index < -0.39 is 23.5 Å². The highest BCUT2D eigenvalue weighted by Crippen LogP contribution is 2.39. The summed E-state index contributed by atoms with van der Waals surface area (Å²) in [5.41, 5.74) is 6.60. The first-order valence-corrected chi connectivity index (χ1v) is 6.52. The van der Waals surface area contributed by atoms with Crippen molar-refractivity contribution in [2.24, 2.45) is 0 Å². The lowest BCUT2D eigenvalue weighted by molar-refractivity contribution is -0.154. The van der Waals surface area contributed by atoms with Crippen LogP contribution in [0.4, 0.5) is 9.39 Å². The zero-order chi connectivity index (χ0) is 13.8. The summed E-state index contributed by atoms with van der Waals surface area (Å²) in [6, 6.07) is 0. The van der Waals surface area contributed by atoms with Gasteiger partial charge in [0.1, 0.15) is 0 Å². The molecule has 1 aromatic heterocycles. The molecule has 2 aliphatic heterocycles. The van der Waals surface area contributed by atoms with Gasteiger partial charge in [0.2, 0.25) is 5.91 Å². The maximum atomic E-state index is 14.8. The van der Waals surface area contributed by atoms with Crippen LogP contribution in [0.25, 0.3) is 0 Å². The molecular formula is C11H10FN3O3S. The zero-order valence-corrected chi connectivity index (χ0v) is 10.6. The van der Waals surface area contributed by atoms with Crippen LogP contribution in [0.3, 0.4) is 0 Å². The second-order valence-electron chi connectivity index (χ2n) is 4.52. The van der Waals surface area contributed by atoms with E-state index in [0.29, 0.717) is 16.1 Å². The molecule has 0 spiro atoms. The Bertz CT molecular complexity index is 614. The van der Waals surface area contributed by atoms with Gasteiger partial charge in [0.05, 0.1) is 17.1 Å². The number of carbonyl (C=O) groups excluding carboxylic acids is 3. The van der Waals surface area contributed by atoms with Crippen LogP contribution >= 0.6 is 11.3 Å². The predicted molar refractivity (Wildman–Crippen MR) is 64.8 cm³/mol. The van der Waals surface area contributed by atoms with E-state index in [-0.39, 0.29) is 19.4 Å². The highest BCUT2D eigenvalue weighted by atomic mass is 32.1. The molecule has 3 amide bonds. The Morgan fingerprint density at radius 3 is 2.79 bits per heavy atom. The fourth-order valence-corrected chi connectivity index (χ4v) is 3.14. The summed E-state index contributed by atoms with van der Waals surface area (Å²) in [7, 11) is 0. The SMILES string of the molecule is Nc1scc2c1CN([C@@]1(F)CCC(=O)NC1=O)C2=O. The Morgan fingerprint density at radius 2 is 2.16 bits per heavy atom. The second kappa shape index (κ2) is 3.77. The van der Waals surface area contributed by atoms with Crippen molar-refractivity contribution in [2.75, 3.05) is 5.73 Å². The molecule has 1 aromatic rings. The van der Waals surface area contributed by atoms with Crippen molar-refractivity contribution in [2.45, 2.75) is 25.2 Å². The number of carbonyl (C=O) groups is 3. The van der Waals surface area contributed by atoms with Gasteiger partial charge in [-0.15, -0.1) is 11.3 Å². The number of fused-ring (bicyclic) bond motifs is 1. The average Bonchev–Trinajstić information content (AvgIpc) is 2.87. The molecule has 19 heavy (non-hydrogen) atoms. The summed E-state index contributed by atoms with van der Waals surface area (Å²) in [6.45, 7) is -0.0401. The average molecular weight is 283 g/mol. The molecule has 0 unspecified atom stereocenters. The molecule has 3 heterocycles. The standard InChI is InChI=1S/C11H10FN3O3S/c12-11(2-1-7(16)14-10(11)18)15-3-5-6(9(15)17)4-19-8(5)13/h4H,1-3,13H2,(H,14,16,18)/t11-/m0/s1. The van der Waals surface area contributed by atoms with Gasteiger partial charge in [-0.05, 0) is 0 Å². The molecule has 0 radical (unpaired) electrons. The topological polar surface area (TPSA) is 92.5 Å². The number of amides is 3. The van der Waals surface area contributed by atoms with E-state index in [1.165, 1.54) is 11.3 Å². The summed E-state index contributed by atoms with van der Waals surface area (Å²) in [5, 5.41) is 3.93. The lowest BCUT2D eigenvalue weighted by Crippen LogP contribution is -2.60. The Hall–Kier alpha value is -1.96. The minimum atomic E-state index is -2.48. The number of imide groups is 1. The molecule has 3 rings (SSSR count). The fourth-order valence-electron chi connectivity index (χ4n) is 2.34. The van der Waals surface area contributed by atoms with Gasteiger partial charge in [0.25, 0.3) is 17.6 Å². The number of piperidine rings is 1. The predicted octanol–water partition coefficient (Wildman–Crippen LogP) is 0.388. The Labute approximate surface area is 111 Å². The summed E-state index contributed by atoms with van der Waals surface area (Å²) < 4.78 is 14.8. The van der Waals surface area contributed by atoms with Gasteiger partial charge in [0, 0.05) is 23.8 Å². The molecule has 6 nitrogen and oxygen atoms in total. The molecule has 0 aromatic carbocycles. The third-order valence-corrected chi connectivity index (χ3v) is 4.28. The molecule has 0 bridgehead atoms. The number of rotatable bonds is 1. The molecule has 3 N–H and O–H groups in total. The molecule has 0 saturated carbocycles. The van der Waals surface area contributed by atoms with Crippen LogP contribution in [0.5, 0.6) is 0 Å². The highest BCUT2D eigenvalue weighted by molar-refractivity contribution is 7.14. The number of anilines is 1. The van der Waals surface area contributed by atoms with Crippen LogP contribution in [0.2, 0.25) is 0 Å². The van der Waals surface area contributed by atoms with Crippen LogP contribution in [0.1, 0.15) is 28.8 Å². The van der Waals surface area contributed by atoms with E-state index in [0.717, 1.165) is 4.90 Å². The normalized spacial score (nSPS) is 26.6. The van der Waals surface area contributed by atoms with E-state index in [1.54, 1.807) is 5.38 Å². The quantitative estimate of drug-likeness (QED) is 0.576. The second-order valence-corrected chi connectivity index (χ2v) is 5.43. The monoisotopic (exact) mass is 283 g/mol. The first-order chi connectivity index (χ1) is 8.93. The number of thiophene rings is 1. The van der Waals surface area contributed by atoms with Crippen molar-refractivity contribution in [1.29, 1.82) is 0 Å². The largest absolute Gasteiger partial charge is 0.390 e. The summed E-state index contributed by atoms with van der Waals surface area (Å²) in [5.74, 6) is -4.65. The summed E-state index contributed by atoms with van der Waals surface area (Å²) >= 11 is 1.21. The first-order valence-electron chi connectivity index (χ1n) is 5.64. The van der Waals surface area contributed by atoms with E-state index in [1.807, 2.05) is 5.32 Å². The third-order valence-electron chi connectivity index (χ3n) is 3.43. The summed E-state index contributed by atoms with van der Waals surface area (Å²) in [6.07, 6.45) is -0.453. The molecule has 1 atom stereocenters.